The van der Waals surface area contributed by atoms with Gasteiger partial charge in [-0.3, -0.25) is 11.3 Å². The molecule has 0 aliphatic rings. The number of hydrogen-bond donors (Lipinski definition) is 2. The molecular formula is C14H23BrN2O. The molecule has 18 heavy (non-hydrogen) atoms. The molecule has 0 saturated carbocycles. The van der Waals surface area contributed by atoms with Crippen LogP contribution in [0.25, 0.3) is 0 Å². The third kappa shape index (κ3) is 5.06. The molecule has 4 heteroatoms. The number of benzene rings is 1. The summed E-state index contributed by atoms with van der Waals surface area (Å²) in [5, 5.41) is 0. The predicted octanol–water partition coefficient (Wildman–Crippen LogP) is 3.03. The first-order valence-electron chi connectivity index (χ1n) is 6.53. The van der Waals surface area contributed by atoms with Crippen LogP contribution in [-0.2, 0) is 11.2 Å². The Morgan fingerprint density at radius 2 is 2.17 bits per heavy atom. The SMILES string of the molecule is CCCC(OCC)C(Cc1cccc(Br)c1)NN. The van der Waals surface area contributed by atoms with E-state index in [9.17, 15) is 0 Å². The van der Waals surface area contributed by atoms with Crippen molar-refractivity contribution < 1.29 is 4.74 Å². The molecule has 0 saturated heterocycles. The van der Waals surface area contributed by atoms with Crippen LogP contribution in [0.3, 0.4) is 0 Å². The lowest BCUT2D eigenvalue weighted by Crippen LogP contribution is -2.46. The molecule has 1 aromatic rings. The van der Waals surface area contributed by atoms with Crippen LogP contribution >= 0.6 is 15.9 Å². The van der Waals surface area contributed by atoms with Crippen molar-refractivity contribution in [2.45, 2.75) is 45.3 Å². The Morgan fingerprint density at radius 3 is 2.72 bits per heavy atom. The van der Waals surface area contributed by atoms with Gasteiger partial charge in [-0.25, -0.2) is 0 Å². The van der Waals surface area contributed by atoms with Crippen molar-refractivity contribution in [2.75, 3.05) is 6.61 Å². The van der Waals surface area contributed by atoms with Crippen molar-refractivity contribution in [3.8, 4) is 0 Å². The highest BCUT2D eigenvalue weighted by Gasteiger charge is 2.20. The van der Waals surface area contributed by atoms with Gasteiger partial charge in [0.15, 0.2) is 0 Å². The van der Waals surface area contributed by atoms with Crippen LogP contribution in [-0.4, -0.2) is 18.8 Å². The van der Waals surface area contributed by atoms with Crippen molar-refractivity contribution >= 4 is 15.9 Å². The molecule has 0 heterocycles. The maximum absolute atomic E-state index is 5.78. The molecule has 0 aliphatic carbocycles. The van der Waals surface area contributed by atoms with Gasteiger partial charge in [-0.1, -0.05) is 41.4 Å². The van der Waals surface area contributed by atoms with Crippen molar-refractivity contribution in [3.05, 3.63) is 34.3 Å². The minimum Gasteiger partial charge on any atom is -0.377 e. The molecule has 1 rings (SSSR count). The highest BCUT2D eigenvalue weighted by molar-refractivity contribution is 9.10. The zero-order chi connectivity index (χ0) is 13.4. The summed E-state index contributed by atoms with van der Waals surface area (Å²) in [6.45, 7) is 4.91. The molecular weight excluding hydrogens is 292 g/mol. The smallest absolute Gasteiger partial charge is 0.0744 e. The summed E-state index contributed by atoms with van der Waals surface area (Å²) in [6, 6.07) is 8.46. The number of hydrazine groups is 1. The van der Waals surface area contributed by atoms with Crippen molar-refractivity contribution in [1.82, 2.24) is 5.43 Å². The lowest BCUT2D eigenvalue weighted by atomic mass is 9.99. The van der Waals surface area contributed by atoms with E-state index < -0.39 is 0 Å². The van der Waals surface area contributed by atoms with Crippen LogP contribution in [0.1, 0.15) is 32.3 Å². The van der Waals surface area contributed by atoms with Gasteiger partial charge in [0.05, 0.1) is 12.1 Å². The standard InChI is InChI=1S/C14H23BrN2O/c1-3-6-14(18-4-2)13(17-16)10-11-7-5-8-12(15)9-11/h5,7-9,13-14,17H,3-4,6,10,16H2,1-2H3. The van der Waals surface area contributed by atoms with E-state index in [1.165, 1.54) is 5.56 Å². The molecule has 3 nitrogen and oxygen atoms in total. The summed E-state index contributed by atoms with van der Waals surface area (Å²) < 4.78 is 6.88. The maximum atomic E-state index is 5.78. The summed E-state index contributed by atoms with van der Waals surface area (Å²) in [6.07, 6.45) is 3.17. The van der Waals surface area contributed by atoms with Gasteiger partial charge in [-0.15, -0.1) is 0 Å². The summed E-state index contributed by atoms with van der Waals surface area (Å²) in [5.41, 5.74) is 4.16. The Kier molecular flexibility index (Phi) is 7.51. The Morgan fingerprint density at radius 1 is 1.39 bits per heavy atom. The number of hydrogen-bond acceptors (Lipinski definition) is 3. The van der Waals surface area contributed by atoms with Gasteiger partial charge in [0.1, 0.15) is 0 Å². The molecule has 0 aliphatic heterocycles. The molecule has 3 N–H and O–H groups in total. The highest BCUT2D eigenvalue weighted by Crippen LogP contribution is 2.16. The molecule has 1 aromatic carbocycles. The molecule has 0 radical (unpaired) electrons. The van der Waals surface area contributed by atoms with Crippen molar-refractivity contribution in [3.63, 3.8) is 0 Å². The third-order valence-electron chi connectivity index (χ3n) is 2.96. The number of halogens is 1. The van der Waals surface area contributed by atoms with Gasteiger partial charge in [-0.05, 0) is 37.5 Å². The Balaban J connectivity index is 2.69. The minimum atomic E-state index is 0.152. The first-order valence-corrected chi connectivity index (χ1v) is 7.32. The zero-order valence-electron chi connectivity index (χ0n) is 11.2. The molecule has 0 fully saturated rings. The predicted molar refractivity (Wildman–Crippen MR) is 79.3 cm³/mol. The van der Waals surface area contributed by atoms with Crippen LogP contribution in [0.4, 0.5) is 0 Å². The number of rotatable bonds is 8. The zero-order valence-corrected chi connectivity index (χ0v) is 12.7. The fourth-order valence-electron chi connectivity index (χ4n) is 2.11. The van der Waals surface area contributed by atoms with Gasteiger partial charge in [-0.2, -0.15) is 0 Å². The van der Waals surface area contributed by atoms with E-state index >= 15 is 0 Å². The van der Waals surface area contributed by atoms with E-state index in [4.69, 9.17) is 10.6 Å². The second kappa shape index (κ2) is 8.64. The second-order valence-electron chi connectivity index (χ2n) is 4.39. The molecule has 2 unspecified atom stereocenters. The number of nitrogens with one attached hydrogen (secondary N) is 1. The van der Waals surface area contributed by atoms with E-state index in [0.717, 1.165) is 30.3 Å². The van der Waals surface area contributed by atoms with Crippen LogP contribution in [0, 0.1) is 0 Å². The normalized spacial score (nSPS) is 14.4. The Hall–Kier alpha value is -0.420. The monoisotopic (exact) mass is 314 g/mol. The van der Waals surface area contributed by atoms with Gasteiger partial charge in [0.2, 0.25) is 0 Å². The lowest BCUT2D eigenvalue weighted by molar-refractivity contribution is 0.0281. The van der Waals surface area contributed by atoms with E-state index in [2.05, 4.69) is 40.4 Å². The van der Waals surface area contributed by atoms with Crippen LogP contribution in [0.2, 0.25) is 0 Å². The van der Waals surface area contributed by atoms with Gasteiger partial charge >= 0.3 is 0 Å². The molecule has 0 aromatic heterocycles. The first-order chi connectivity index (χ1) is 8.71. The van der Waals surface area contributed by atoms with Gasteiger partial charge in [0.25, 0.3) is 0 Å². The van der Waals surface area contributed by atoms with Crippen molar-refractivity contribution in [2.24, 2.45) is 5.84 Å². The quantitative estimate of drug-likeness (QED) is 0.573. The summed E-state index contributed by atoms with van der Waals surface area (Å²) in [4.78, 5) is 0. The average molecular weight is 315 g/mol. The molecule has 0 amide bonds. The third-order valence-corrected chi connectivity index (χ3v) is 3.45. The summed E-state index contributed by atoms with van der Waals surface area (Å²) >= 11 is 3.49. The van der Waals surface area contributed by atoms with E-state index in [0.29, 0.717) is 0 Å². The van der Waals surface area contributed by atoms with Crippen LogP contribution in [0.15, 0.2) is 28.7 Å². The van der Waals surface area contributed by atoms with Gasteiger partial charge < -0.3 is 4.74 Å². The maximum Gasteiger partial charge on any atom is 0.0744 e. The van der Waals surface area contributed by atoms with E-state index in [1.54, 1.807) is 0 Å². The number of nitrogens with two attached hydrogens (primary N) is 1. The largest absolute Gasteiger partial charge is 0.377 e. The average Bonchev–Trinajstić information content (AvgIpc) is 2.36. The first kappa shape index (κ1) is 15.6. The van der Waals surface area contributed by atoms with Crippen LogP contribution < -0.4 is 11.3 Å². The topological polar surface area (TPSA) is 47.3 Å². The Labute approximate surface area is 118 Å². The fourth-order valence-corrected chi connectivity index (χ4v) is 2.56. The molecule has 0 spiro atoms. The molecule has 0 bridgehead atoms. The summed E-state index contributed by atoms with van der Waals surface area (Å²) in [7, 11) is 0. The molecule has 2 atom stereocenters. The number of ether oxygens (including phenoxy) is 1. The van der Waals surface area contributed by atoms with Crippen LogP contribution in [0.5, 0.6) is 0 Å². The molecule has 102 valence electrons. The van der Waals surface area contributed by atoms with Gasteiger partial charge in [0, 0.05) is 11.1 Å². The highest BCUT2D eigenvalue weighted by atomic mass is 79.9. The van der Waals surface area contributed by atoms with E-state index in [-0.39, 0.29) is 12.1 Å². The summed E-state index contributed by atoms with van der Waals surface area (Å²) in [5.74, 6) is 5.68. The lowest BCUT2D eigenvalue weighted by Gasteiger charge is -2.26. The van der Waals surface area contributed by atoms with Crippen molar-refractivity contribution in [1.29, 1.82) is 0 Å². The second-order valence-corrected chi connectivity index (χ2v) is 5.31. The minimum absolute atomic E-state index is 0.152. The van der Waals surface area contributed by atoms with E-state index in [1.807, 2.05) is 19.1 Å². The Bertz CT molecular complexity index is 340. The fraction of sp³-hybridized carbons (Fsp3) is 0.571.